The summed E-state index contributed by atoms with van der Waals surface area (Å²) >= 11 is 6.17. The van der Waals surface area contributed by atoms with Crippen molar-refractivity contribution in [1.29, 1.82) is 0 Å². The molecular formula is C12H19ClF3NO. The maximum Gasteiger partial charge on any atom is 0.411 e. The Labute approximate surface area is 110 Å². The van der Waals surface area contributed by atoms with Gasteiger partial charge in [-0.25, -0.2) is 0 Å². The van der Waals surface area contributed by atoms with Crippen molar-refractivity contribution in [1.82, 2.24) is 4.90 Å². The third-order valence-electron chi connectivity index (χ3n) is 3.80. The molecule has 0 aromatic rings. The summed E-state index contributed by atoms with van der Waals surface area (Å²) in [4.78, 5) is 2.41. The molecular weight excluding hydrogens is 267 g/mol. The van der Waals surface area contributed by atoms with Crippen molar-refractivity contribution in [3.63, 3.8) is 0 Å². The van der Waals surface area contributed by atoms with E-state index in [-0.39, 0.29) is 12.0 Å². The minimum atomic E-state index is -4.21. The van der Waals surface area contributed by atoms with Crippen LogP contribution in [0.5, 0.6) is 0 Å². The zero-order valence-electron chi connectivity index (χ0n) is 10.3. The number of hydrogen-bond acceptors (Lipinski definition) is 2. The first-order chi connectivity index (χ1) is 8.46. The van der Waals surface area contributed by atoms with Gasteiger partial charge in [0.05, 0.1) is 0 Å². The van der Waals surface area contributed by atoms with Crippen LogP contribution in [-0.4, -0.2) is 48.3 Å². The number of nitrogens with zero attached hydrogens (tertiary/aromatic N) is 1. The molecule has 2 aliphatic rings. The van der Waals surface area contributed by atoms with Crippen molar-refractivity contribution in [2.45, 2.75) is 55.7 Å². The normalized spacial score (nSPS) is 33.0. The van der Waals surface area contributed by atoms with Crippen LogP contribution in [0.1, 0.15) is 32.1 Å². The number of hydrogen-bond donors (Lipinski definition) is 0. The molecule has 2 fully saturated rings. The highest BCUT2D eigenvalue weighted by atomic mass is 35.5. The molecule has 6 heteroatoms. The van der Waals surface area contributed by atoms with Gasteiger partial charge in [0.25, 0.3) is 0 Å². The molecule has 0 radical (unpaired) electrons. The monoisotopic (exact) mass is 285 g/mol. The van der Waals surface area contributed by atoms with Gasteiger partial charge in [-0.3, -0.25) is 4.90 Å². The molecule has 2 rings (SSSR count). The van der Waals surface area contributed by atoms with Crippen LogP contribution in [0.3, 0.4) is 0 Å². The molecule has 0 aliphatic carbocycles. The minimum Gasteiger partial charge on any atom is -0.372 e. The van der Waals surface area contributed by atoms with Gasteiger partial charge in [-0.1, -0.05) is 0 Å². The van der Waals surface area contributed by atoms with Crippen molar-refractivity contribution >= 4 is 11.6 Å². The van der Waals surface area contributed by atoms with Crippen molar-refractivity contribution in [3.8, 4) is 0 Å². The average Bonchev–Trinajstić information content (AvgIpc) is 2.50. The third-order valence-corrected chi connectivity index (χ3v) is 4.15. The summed E-state index contributed by atoms with van der Waals surface area (Å²) in [5, 5.41) is 0.278. The molecule has 2 saturated heterocycles. The predicted molar refractivity (Wildman–Crippen MR) is 63.9 cm³/mol. The molecule has 2 aliphatic heterocycles. The van der Waals surface area contributed by atoms with E-state index in [1.54, 1.807) is 0 Å². The second-order valence-corrected chi connectivity index (χ2v) is 5.83. The number of alkyl halides is 4. The number of piperidine rings is 1. The molecule has 0 aromatic heterocycles. The Bertz CT molecular complexity index is 261. The summed E-state index contributed by atoms with van der Waals surface area (Å²) in [5.41, 5.74) is 0. The summed E-state index contributed by atoms with van der Waals surface area (Å²) in [6.45, 7) is -0.125. The lowest BCUT2D eigenvalue weighted by Gasteiger charge is -2.36. The van der Waals surface area contributed by atoms with Gasteiger partial charge in [-0.2, -0.15) is 13.2 Å². The molecule has 2 atom stereocenters. The fraction of sp³-hybridized carbons (Fsp3) is 1.00. The van der Waals surface area contributed by atoms with Crippen molar-refractivity contribution in [3.05, 3.63) is 0 Å². The Morgan fingerprint density at radius 1 is 1.17 bits per heavy atom. The van der Waals surface area contributed by atoms with Gasteiger partial charge in [-0.05, 0) is 32.1 Å². The van der Waals surface area contributed by atoms with E-state index >= 15 is 0 Å². The van der Waals surface area contributed by atoms with Crippen LogP contribution in [0.4, 0.5) is 13.2 Å². The van der Waals surface area contributed by atoms with Crippen LogP contribution in [0.2, 0.25) is 0 Å². The van der Waals surface area contributed by atoms with Gasteiger partial charge in [0.1, 0.15) is 6.61 Å². The Morgan fingerprint density at radius 2 is 1.78 bits per heavy atom. The molecule has 106 valence electrons. The second kappa shape index (κ2) is 5.97. The molecule has 0 N–H and O–H groups in total. The van der Waals surface area contributed by atoms with Crippen molar-refractivity contribution in [2.75, 3.05) is 19.8 Å². The number of rotatable bonds is 5. The Morgan fingerprint density at radius 3 is 2.33 bits per heavy atom. The van der Waals surface area contributed by atoms with E-state index in [9.17, 15) is 13.2 Å². The largest absolute Gasteiger partial charge is 0.411 e. The zero-order chi connectivity index (χ0) is 13.2. The van der Waals surface area contributed by atoms with E-state index in [1.165, 1.54) is 12.8 Å². The van der Waals surface area contributed by atoms with E-state index in [0.29, 0.717) is 18.5 Å². The van der Waals surface area contributed by atoms with Gasteiger partial charge in [0, 0.05) is 30.6 Å². The fourth-order valence-corrected chi connectivity index (χ4v) is 3.52. The smallest absolute Gasteiger partial charge is 0.372 e. The molecule has 2 unspecified atom stereocenters. The zero-order valence-corrected chi connectivity index (χ0v) is 11.0. The van der Waals surface area contributed by atoms with Gasteiger partial charge in [0.2, 0.25) is 0 Å². The van der Waals surface area contributed by atoms with Gasteiger partial charge in [-0.15, -0.1) is 11.6 Å². The summed E-state index contributed by atoms with van der Waals surface area (Å²) in [5.74, 6) is 0. The van der Waals surface area contributed by atoms with E-state index in [4.69, 9.17) is 11.6 Å². The van der Waals surface area contributed by atoms with E-state index in [2.05, 4.69) is 9.64 Å². The summed E-state index contributed by atoms with van der Waals surface area (Å²) in [6.07, 6.45) is 0.837. The molecule has 0 saturated carbocycles. The highest BCUT2D eigenvalue weighted by molar-refractivity contribution is 6.20. The van der Waals surface area contributed by atoms with E-state index < -0.39 is 12.8 Å². The third kappa shape index (κ3) is 4.00. The lowest BCUT2D eigenvalue weighted by Crippen LogP contribution is -2.44. The molecule has 2 bridgehead atoms. The van der Waals surface area contributed by atoms with E-state index in [1.807, 2.05) is 0 Å². The lowest BCUT2D eigenvalue weighted by atomic mass is 10.0. The predicted octanol–water partition coefficient (Wildman–Crippen LogP) is 3.19. The quantitative estimate of drug-likeness (QED) is 0.568. The second-order valence-electron chi connectivity index (χ2n) is 5.21. The van der Waals surface area contributed by atoms with Crippen LogP contribution in [0.15, 0.2) is 0 Å². The average molecular weight is 286 g/mol. The SMILES string of the molecule is FC(F)(F)COCCCN1C2CCC1CC(Cl)C2. The highest BCUT2D eigenvalue weighted by Crippen LogP contribution is 2.37. The first kappa shape index (κ1) is 14.4. The standard InChI is InChI=1S/C12H19ClF3NO/c13-9-6-10-2-3-11(7-9)17(10)4-1-5-18-8-12(14,15)16/h9-11H,1-8H2. The molecule has 18 heavy (non-hydrogen) atoms. The Hall–Kier alpha value is 0. The maximum atomic E-state index is 11.9. The van der Waals surface area contributed by atoms with Crippen molar-refractivity contribution < 1.29 is 17.9 Å². The minimum absolute atomic E-state index is 0.180. The molecule has 2 nitrogen and oxygen atoms in total. The highest BCUT2D eigenvalue weighted by Gasteiger charge is 2.39. The van der Waals surface area contributed by atoms with Crippen molar-refractivity contribution in [2.24, 2.45) is 0 Å². The fourth-order valence-electron chi connectivity index (χ4n) is 3.11. The van der Waals surface area contributed by atoms with Crippen LogP contribution in [0.25, 0.3) is 0 Å². The number of ether oxygens (including phenoxy) is 1. The molecule has 0 amide bonds. The number of halogens is 4. The molecule has 0 spiro atoms. The van der Waals surface area contributed by atoms with Crippen LogP contribution in [0, 0.1) is 0 Å². The van der Waals surface area contributed by atoms with Crippen LogP contribution < -0.4 is 0 Å². The lowest BCUT2D eigenvalue weighted by molar-refractivity contribution is -0.174. The summed E-state index contributed by atoms with van der Waals surface area (Å²) in [7, 11) is 0. The molecule has 0 aromatic carbocycles. The Kier molecular flexibility index (Phi) is 4.78. The van der Waals surface area contributed by atoms with Gasteiger partial charge in [0.15, 0.2) is 0 Å². The topological polar surface area (TPSA) is 12.5 Å². The summed E-state index contributed by atoms with van der Waals surface area (Å²) < 4.78 is 40.2. The van der Waals surface area contributed by atoms with E-state index in [0.717, 1.165) is 19.4 Å². The van der Waals surface area contributed by atoms with Crippen LogP contribution >= 0.6 is 11.6 Å². The first-order valence-electron chi connectivity index (χ1n) is 6.50. The van der Waals surface area contributed by atoms with Gasteiger partial charge >= 0.3 is 6.18 Å². The summed E-state index contributed by atoms with van der Waals surface area (Å²) in [6, 6.07) is 1.07. The molecule has 2 heterocycles. The first-order valence-corrected chi connectivity index (χ1v) is 6.93. The van der Waals surface area contributed by atoms with Crippen LogP contribution in [-0.2, 0) is 4.74 Å². The Balaban J connectivity index is 1.63. The van der Waals surface area contributed by atoms with Gasteiger partial charge < -0.3 is 4.74 Å². The maximum absolute atomic E-state index is 11.9. The number of fused-ring (bicyclic) bond motifs is 2.